The summed E-state index contributed by atoms with van der Waals surface area (Å²) in [5.41, 5.74) is 0. The molecule has 0 aromatic heterocycles. The van der Waals surface area contributed by atoms with Crippen LogP contribution in [0, 0.1) is 25.6 Å². The van der Waals surface area contributed by atoms with E-state index in [1.165, 1.54) is 12.8 Å². The van der Waals surface area contributed by atoms with E-state index < -0.39 is 0 Å². The minimum absolute atomic E-state index is 0. The van der Waals surface area contributed by atoms with Gasteiger partial charge in [0, 0.05) is 35.8 Å². The van der Waals surface area contributed by atoms with Crippen LogP contribution >= 0.6 is 0 Å². The van der Waals surface area contributed by atoms with Crippen molar-refractivity contribution in [1.29, 1.82) is 0 Å². The fourth-order valence-electron chi connectivity index (χ4n) is 2.37. The molecule has 127 valence electrons. The van der Waals surface area contributed by atoms with Crippen LogP contribution in [0.2, 0.25) is 0 Å². The molecule has 0 amide bonds. The van der Waals surface area contributed by atoms with Gasteiger partial charge in [-0.1, -0.05) is 43.2 Å². The third-order valence-corrected chi connectivity index (χ3v) is 3.45. The van der Waals surface area contributed by atoms with Gasteiger partial charge in [0.1, 0.15) is 5.78 Å². The van der Waals surface area contributed by atoms with E-state index in [4.69, 9.17) is 9.30 Å². The zero-order valence-electron chi connectivity index (χ0n) is 13.5. The Morgan fingerprint density at radius 2 is 1.70 bits per heavy atom. The Hall–Kier alpha value is -1.11. The number of carbonyl (C=O) groups excluding carboxylic acids is 1. The molecule has 23 heavy (non-hydrogen) atoms. The molecule has 0 aliphatic heterocycles. The monoisotopic (exact) mass is 357 g/mol. The molecule has 1 radical (unpaired) electrons. The minimum Gasteiger partial charge on any atom is -0.0767 e. The topological polar surface area (TPSA) is 56.9 Å². The van der Waals surface area contributed by atoms with Crippen molar-refractivity contribution >= 4 is 5.78 Å². The molecule has 1 saturated carbocycles. The third-order valence-electron chi connectivity index (χ3n) is 3.45. The van der Waals surface area contributed by atoms with E-state index in [-0.39, 0.29) is 17.1 Å². The van der Waals surface area contributed by atoms with Crippen LogP contribution in [0.5, 0.6) is 0 Å². The third kappa shape index (κ3) is 17.1. The van der Waals surface area contributed by atoms with Gasteiger partial charge in [-0.05, 0) is 32.1 Å². The molecule has 0 aromatic carbocycles. The normalized spacial score (nSPS) is 17.6. The Bertz CT molecular complexity index is 365. The Labute approximate surface area is 151 Å². The van der Waals surface area contributed by atoms with Gasteiger partial charge in [0.25, 0.3) is 0 Å². The van der Waals surface area contributed by atoms with Gasteiger partial charge in [-0.3, -0.25) is 4.79 Å². The largest absolute Gasteiger partial charge is 0.0767 e. The van der Waals surface area contributed by atoms with E-state index >= 15 is 0 Å². The van der Waals surface area contributed by atoms with Crippen molar-refractivity contribution in [2.75, 3.05) is 0 Å². The number of allylic oxidation sites excluding steroid dienone is 5. The summed E-state index contributed by atoms with van der Waals surface area (Å²) in [5, 5.41) is 0. The number of Topliss-reactive ketones (excluding diaryl/α,β-unsaturated/α-hetero) is 1. The molecule has 2 aliphatic rings. The van der Waals surface area contributed by atoms with Gasteiger partial charge in [-0.25, -0.2) is 0 Å². The molecular formula is C19H25FeO3. The van der Waals surface area contributed by atoms with Gasteiger partial charge in [0.05, 0.1) is 0 Å². The average molecular weight is 357 g/mol. The maximum absolute atomic E-state index is 11.6. The number of ketones is 1. The van der Waals surface area contributed by atoms with Crippen LogP contribution in [0.4, 0.5) is 0 Å². The molecule has 0 N–H and O–H groups in total. The smallest absolute Gasteiger partial charge is 0.00506 e. The Morgan fingerprint density at radius 3 is 2.17 bits per heavy atom. The second-order valence-electron chi connectivity index (χ2n) is 4.94. The van der Waals surface area contributed by atoms with Crippen LogP contribution in [0.25, 0.3) is 0 Å². The van der Waals surface area contributed by atoms with Crippen molar-refractivity contribution < 1.29 is 31.2 Å². The predicted molar refractivity (Wildman–Crippen MR) is 86.1 cm³/mol. The van der Waals surface area contributed by atoms with E-state index in [0.717, 1.165) is 38.5 Å². The van der Waals surface area contributed by atoms with Crippen molar-refractivity contribution in [2.45, 2.75) is 51.4 Å². The second-order valence-corrected chi connectivity index (χ2v) is 4.94. The maximum atomic E-state index is 11.6. The standard InChI is InChI=1S/C12H20O.C5H5.2CO.Fe/c1-2-3-5-8-11-9-6-4-7-10-12(11)13;1-2-4-5-3-1;2*1-2;/h2,11H,1,3-10H2;1-5H;;;. The number of unbranched alkanes of at least 4 members (excludes halogenated alkanes) is 1. The molecule has 0 aromatic rings. The summed E-state index contributed by atoms with van der Waals surface area (Å²) < 4.78 is 15.0. The van der Waals surface area contributed by atoms with Crippen molar-refractivity contribution in [2.24, 2.45) is 5.92 Å². The first-order valence-corrected chi connectivity index (χ1v) is 7.55. The first-order chi connectivity index (χ1) is 10.8. The van der Waals surface area contributed by atoms with E-state index in [2.05, 4.69) is 19.9 Å². The molecule has 2 aliphatic carbocycles. The first-order valence-electron chi connectivity index (χ1n) is 7.55. The van der Waals surface area contributed by atoms with Gasteiger partial charge in [0.2, 0.25) is 0 Å². The molecule has 0 heterocycles. The van der Waals surface area contributed by atoms with Crippen LogP contribution in [-0.4, -0.2) is 5.78 Å². The summed E-state index contributed by atoms with van der Waals surface area (Å²) in [4.78, 5) is 11.6. The zero-order chi connectivity index (χ0) is 17.1. The summed E-state index contributed by atoms with van der Waals surface area (Å²) in [7, 11) is 0. The summed E-state index contributed by atoms with van der Waals surface area (Å²) in [5.74, 6) is 0.893. The molecule has 0 bridgehead atoms. The molecule has 3 nitrogen and oxygen atoms in total. The van der Waals surface area contributed by atoms with Crippen LogP contribution in [0.3, 0.4) is 0 Å². The Balaban J connectivity index is -0.000000335. The van der Waals surface area contributed by atoms with Gasteiger partial charge in [-0.2, -0.15) is 0 Å². The van der Waals surface area contributed by atoms with Crippen LogP contribution in [-0.2, 0) is 31.2 Å². The average Bonchev–Trinajstić information content (AvgIpc) is 3.10. The number of rotatable bonds is 4. The second kappa shape index (κ2) is 23.2. The first kappa shape index (κ1) is 26.8. The molecule has 2 rings (SSSR count). The quantitative estimate of drug-likeness (QED) is 0.179. The van der Waals surface area contributed by atoms with Crippen molar-refractivity contribution in [3.8, 4) is 0 Å². The number of hydrogen-bond donors (Lipinski definition) is 0. The van der Waals surface area contributed by atoms with E-state index in [1.807, 2.05) is 36.8 Å². The minimum atomic E-state index is 0. The SMILES string of the molecule is C=CCCCC1CCCCCC1=O.[C-]#[O+].[C-]#[O+].[CH]1C=CC=C1.[Fe]. The number of hydrogen-bond acceptors (Lipinski definition) is 1. The fraction of sp³-hybridized carbons (Fsp3) is 0.474. The molecular weight excluding hydrogens is 332 g/mol. The van der Waals surface area contributed by atoms with Crippen LogP contribution in [0.1, 0.15) is 51.4 Å². The van der Waals surface area contributed by atoms with Gasteiger partial charge in [-0.15, -0.1) is 6.58 Å². The van der Waals surface area contributed by atoms with Gasteiger partial charge < -0.3 is 0 Å². The van der Waals surface area contributed by atoms with E-state index in [1.54, 1.807) is 0 Å². The molecule has 1 atom stereocenters. The summed E-state index contributed by atoms with van der Waals surface area (Å²) in [6.07, 6.45) is 20.8. The number of carbonyl (C=O) groups is 1. The fourth-order valence-corrected chi connectivity index (χ4v) is 2.37. The van der Waals surface area contributed by atoms with Crippen molar-refractivity contribution in [3.63, 3.8) is 0 Å². The summed E-state index contributed by atoms with van der Waals surface area (Å²) in [6, 6.07) is 0. The summed E-state index contributed by atoms with van der Waals surface area (Å²) >= 11 is 0. The van der Waals surface area contributed by atoms with E-state index in [0.29, 0.717) is 11.7 Å². The van der Waals surface area contributed by atoms with Gasteiger partial charge in [0.15, 0.2) is 0 Å². The summed E-state index contributed by atoms with van der Waals surface area (Å²) in [6.45, 7) is 12.7. The van der Waals surface area contributed by atoms with E-state index in [9.17, 15) is 4.79 Å². The Morgan fingerprint density at radius 1 is 1.09 bits per heavy atom. The molecule has 1 fully saturated rings. The molecule has 0 spiro atoms. The van der Waals surface area contributed by atoms with Crippen molar-refractivity contribution in [1.82, 2.24) is 0 Å². The molecule has 4 heteroatoms. The van der Waals surface area contributed by atoms with Gasteiger partial charge >= 0.3 is 22.6 Å². The zero-order valence-corrected chi connectivity index (χ0v) is 14.6. The maximum Gasteiger partial charge on any atom is 0.00506 e. The van der Waals surface area contributed by atoms with Crippen molar-refractivity contribution in [3.05, 3.63) is 56.7 Å². The molecule has 1 unspecified atom stereocenters. The molecule has 0 saturated heterocycles. The predicted octanol–water partition coefficient (Wildman–Crippen LogP) is 4.73. The van der Waals surface area contributed by atoms with Crippen LogP contribution in [0.15, 0.2) is 37.0 Å². The van der Waals surface area contributed by atoms with Crippen LogP contribution < -0.4 is 0 Å². The Kier molecular flexibility index (Phi) is 27.0.